The molecule has 0 radical (unpaired) electrons. The van der Waals surface area contributed by atoms with Gasteiger partial charge in [-0.05, 0) is 42.5 Å². The molecule has 1 saturated heterocycles. The largest absolute Gasteiger partial charge is 0.330 e. The number of nitrogens with zero attached hydrogens (tertiary/aromatic N) is 1. The topological polar surface area (TPSA) is 63.4 Å². The molecule has 1 aromatic carbocycles. The van der Waals surface area contributed by atoms with Gasteiger partial charge in [0.1, 0.15) is 0 Å². The highest BCUT2D eigenvalue weighted by molar-refractivity contribution is 7.89. The fraction of sp³-hybridized carbons (Fsp3) is 0.571. The van der Waals surface area contributed by atoms with E-state index in [1.54, 1.807) is 16.4 Å². The molecule has 6 heteroatoms. The van der Waals surface area contributed by atoms with Crippen LogP contribution < -0.4 is 5.73 Å². The van der Waals surface area contributed by atoms with E-state index in [9.17, 15) is 8.42 Å². The lowest BCUT2D eigenvalue weighted by Crippen LogP contribution is -2.30. The molecule has 4 nitrogen and oxygen atoms in total. The third-order valence-corrected chi connectivity index (χ3v) is 5.61. The predicted molar refractivity (Wildman–Crippen MR) is 83.7 cm³/mol. The van der Waals surface area contributed by atoms with Gasteiger partial charge in [-0.2, -0.15) is 4.31 Å². The van der Waals surface area contributed by atoms with Crippen LogP contribution in [0.5, 0.6) is 0 Å². The van der Waals surface area contributed by atoms with Gasteiger partial charge in [-0.15, -0.1) is 12.4 Å². The Labute approximate surface area is 127 Å². The molecular weight excluding hydrogens is 296 g/mol. The van der Waals surface area contributed by atoms with Crippen LogP contribution in [0.2, 0.25) is 0 Å². The van der Waals surface area contributed by atoms with Crippen molar-refractivity contribution >= 4 is 22.4 Å². The SMILES string of the molecule is CC(C)c1cccc(S(=O)(=O)N2CCC(CN)C2)c1.Cl. The van der Waals surface area contributed by atoms with Gasteiger partial charge in [0.25, 0.3) is 0 Å². The molecule has 1 heterocycles. The van der Waals surface area contributed by atoms with Crippen LogP contribution in [0.3, 0.4) is 0 Å². The van der Waals surface area contributed by atoms with E-state index in [0.717, 1.165) is 12.0 Å². The van der Waals surface area contributed by atoms with Crippen molar-refractivity contribution in [1.82, 2.24) is 4.31 Å². The molecule has 1 aliphatic heterocycles. The maximum atomic E-state index is 12.6. The first kappa shape index (κ1) is 17.4. The first-order chi connectivity index (χ1) is 8.95. The number of sulfonamides is 1. The van der Waals surface area contributed by atoms with Gasteiger partial charge in [0.05, 0.1) is 4.90 Å². The molecule has 0 aliphatic carbocycles. The lowest BCUT2D eigenvalue weighted by molar-refractivity contribution is 0.459. The zero-order valence-corrected chi connectivity index (χ0v) is 13.6. The normalized spacial score (nSPS) is 20.1. The molecule has 2 N–H and O–H groups in total. The van der Waals surface area contributed by atoms with Crippen molar-refractivity contribution in [2.24, 2.45) is 11.7 Å². The van der Waals surface area contributed by atoms with Crippen LogP contribution in [-0.4, -0.2) is 32.4 Å². The second-order valence-corrected chi connectivity index (χ2v) is 7.42. The van der Waals surface area contributed by atoms with Crippen molar-refractivity contribution in [3.05, 3.63) is 29.8 Å². The van der Waals surface area contributed by atoms with Crippen LogP contribution in [0, 0.1) is 5.92 Å². The summed E-state index contributed by atoms with van der Waals surface area (Å²) in [4.78, 5) is 0.399. The molecule has 0 saturated carbocycles. The fourth-order valence-corrected chi connectivity index (χ4v) is 3.98. The van der Waals surface area contributed by atoms with Gasteiger partial charge in [0.2, 0.25) is 10.0 Å². The molecule has 114 valence electrons. The van der Waals surface area contributed by atoms with Gasteiger partial charge in [0.15, 0.2) is 0 Å². The molecule has 0 amide bonds. The molecule has 0 bridgehead atoms. The molecule has 2 rings (SSSR count). The zero-order valence-electron chi connectivity index (χ0n) is 12.0. The summed E-state index contributed by atoms with van der Waals surface area (Å²) >= 11 is 0. The van der Waals surface area contributed by atoms with Crippen molar-refractivity contribution < 1.29 is 8.42 Å². The highest BCUT2D eigenvalue weighted by Crippen LogP contribution is 2.25. The van der Waals surface area contributed by atoms with E-state index in [0.29, 0.717) is 36.4 Å². The van der Waals surface area contributed by atoms with Crippen molar-refractivity contribution in [2.75, 3.05) is 19.6 Å². The number of hydrogen-bond donors (Lipinski definition) is 1. The maximum absolute atomic E-state index is 12.6. The minimum Gasteiger partial charge on any atom is -0.330 e. The first-order valence-electron chi connectivity index (χ1n) is 6.75. The molecule has 20 heavy (non-hydrogen) atoms. The number of hydrogen-bond acceptors (Lipinski definition) is 3. The number of rotatable bonds is 4. The molecule has 1 atom stereocenters. The van der Waals surface area contributed by atoms with Crippen molar-refractivity contribution in [2.45, 2.75) is 31.1 Å². The third-order valence-electron chi connectivity index (χ3n) is 3.74. The van der Waals surface area contributed by atoms with Crippen molar-refractivity contribution in [3.8, 4) is 0 Å². The van der Waals surface area contributed by atoms with Crippen LogP contribution in [-0.2, 0) is 10.0 Å². The first-order valence-corrected chi connectivity index (χ1v) is 8.19. The Kier molecular flexibility index (Phi) is 6.01. The summed E-state index contributed by atoms with van der Waals surface area (Å²) in [6.07, 6.45) is 0.861. The summed E-state index contributed by atoms with van der Waals surface area (Å²) in [5.74, 6) is 0.619. The van der Waals surface area contributed by atoms with E-state index in [4.69, 9.17) is 5.73 Å². The summed E-state index contributed by atoms with van der Waals surface area (Å²) in [5.41, 5.74) is 6.67. The summed E-state index contributed by atoms with van der Waals surface area (Å²) in [5, 5.41) is 0. The highest BCUT2D eigenvalue weighted by atomic mass is 35.5. The average Bonchev–Trinajstić information content (AvgIpc) is 2.88. The summed E-state index contributed by atoms with van der Waals surface area (Å²) in [6.45, 7) is 5.80. The van der Waals surface area contributed by atoms with Crippen LogP contribution >= 0.6 is 12.4 Å². The van der Waals surface area contributed by atoms with Gasteiger partial charge in [0, 0.05) is 13.1 Å². The van der Waals surface area contributed by atoms with Crippen molar-refractivity contribution in [1.29, 1.82) is 0 Å². The Balaban J connectivity index is 0.00000200. The highest BCUT2D eigenvalue weighted by Gasteiger charge is 2.31. The minimum absolute atomic E-state index is 0. The fourth-order valence-electron chi connectivity index (χ4n) is 2.39. The third kappa shape index (κ3) is 3.52. The van der Waals surface area contributed by atoms with E-state index in [1.165, 1.54) is 0 Å². The molecule has 1 aliphatic rings. The van der Waals surface area contributed by atoms with Gasteiger partial charge >= 0.3 is 0 Å². The van der Waals surface area contributed by atoms with E-state index < -0.39 is 10.0 Å². The van der Waals surface area contributed by atoms with E-state index in [-0.39, 0.29) is 12.4 Å². The smallest absolute Gasteiger partial charge is 0.243 e. The molecule has 1 aromatic rings. The van der Waals surface area contributed by atoms with Gasteiger partial charge < -0.3 is 5.73 Å². The monoisotopic (exact) mass is 318 g/mol. The van der Waals surface area contributed by atoms with E-state index in [2.05, 4.69) is 13.8 Å². The van der Waals surface area contributed by atoms with Gasteiger partial charge in [-0.25, -0.2) is 8.42 Å². The predicted octanol–water partition coefficient (Wildman–Crippen LogP) is 2.20. The number of nitrogens with two attached hydrogens (primary N) is 1. The van der Waals surface area contributed by atoms with E-state index >= 15 is 0 Å². The second kappa shape index (κ2) is 6.89. The Morgan fingerprint density at radius 2 is 2.10 bits per heavy atom. The number of halogens is 1. The second-order valence-electron chi connectivity index (χ2n) is 5.48. The lowest BCUT2D eigenvalue weighted by Gasteiger charge is -2.17. The van der Waals surface area contributed by atoms with E-state index in [1.807, 2.05) is 12.1 Å². The van der Waals surface area contributed by atoms with Crippen LogP contribution in [0.25, 0.3) is 0 Å². The van der Waals surface area contributed by atoms with Crippen molar-refractivity contribution in [3.63, 3.8) is 0 Å². The summed E-state index contributed by atoms with van der Waals surface area (Å²) in [6, 6.07) is 7.25. The number of benzene rings is 1. The summed E-state index contributed by atoms with van der Waals surface area (Å²) in [7, 11) is -3.36. The Bertz CT molecular complexity index is 546. The van der Waals surface area contributed by atoms with Crippen LogP contribution in [0.1, 0.15) is 31.7 Å². The molecule has 0 aromatic heterocycles. The summed E-state index contributed by atoms with van der Waals surface area (Å²) < 4.78 is 26.7. The molecule has 0 spiro atoms. The Morgan fingerprint density at radius 1 is 1.40 bits per heavy atom. The maximum Gasteiger partial charge on any atom is 0.243 e. The Morgan fingerprint density at radius 3 is 2.65 bits per heavy atom. The average molecular weight is 319 g/mol. The molecule has 1 unspecified atom stereocenters. The lowest BCUT2D eigenvalue weighted by atomic mass is 10.0. The standard InChI is InChI=1S/C14H22N2O2S.ClH/c1-11(2)13-4-3-5-14(8-13)19(17,18)16-7-6-12(9-15)10-16;/h3-5,8,11-12H,6-7,9-10,15H2,1-2H3;1H. The molecule has 1 fully saturated rings. The quantitative estimate of drug-likeness (QED) is 0.925. The van der Waals surface area contributed by atoms with Gasteiger partial charge in [-0.3, -0.25) is 0 Å². The zero-order chi connectivity index (χ0) is 14.0. The molecular formula is C14H23ClN2O2S. The minimum atomic E-state index is -3.36. The van der Waals surface area contributed by atoms with Crippen LogP contribution in [0.4, 0.5) is 0 Å². The van der Waals surface area contributed by atoms with Crippen LogP contribution in [0.15, 0.2) is 29.2 Å². The van der Waals surface area contributed by atoms with Gasteiger partial charge in [-0.1, -0.05) is 26.0 Å². The Hall–Kier alpha value is -0.620.